The molecule has 3 heterocycles. The molecule has 1 fully saturated rings. The molecule has 1 aliphatic heterocycles. The van der Waals surface area contributed by atoms with Crippen molar-refractivity contribution in [2.24, 2.45) is 0 Å². The van der Waals surface area contributed by atoms with Gasteiger partial charge in [-0.2, -0.15) is 5.10 Å². The summed E-state index contributed by atoms with van der Waals surface area (Å²) in [5.74, 6) is -1.52. The number of hydrogen-bond acceptors (Lipinski definition) is 7. The van der Waals surface area contributed by atoms with Crippen molar-refractivity contribution in [2.45, 2.75) is 65.5 Å². The summed E-state index contributed by atoms with van der Waals surface area (Å²) in [5, 5.41) is 9.73. The lowest BCUT2D eigenvalue weighted by atomic mass is 10.2. The third-order valence-corrected chi connectivity index (χ3v) is 6.89. The number of thiazole rings is 1. The molecule has 0 bridgehead atoms. The van der Waals surface area contributed by atoms with Gasteiger partial charge in [0.15, 0.2) is 11.5 Å². The van der Waals surface area contributed by atoms with Crippen molar-refractivity contribution in [2.75, 3.05) is 28.6 Å². The fourth-order valence-corrected chi connectivity index (χ4v) is 5.26. The van der Waals surface area contributed by atoms with Gasteiger partial charge < -0.3 is 15.0 Å². The van der Waals surface area contributed by atoms with Crippen molar-refractivity contribution in [3.63, 3.8) is 0 Å². The fraction of sp³-hybridized carbons (Fsp3) is 0.462. The standard InChI is InChI=1S/C26H32F2N6O3S/c1-5-34-24(33-13-8-6-7-9-14-33)18(15-29-34)30-21(35)20-23(32-25(36)37-26(2,3)4)38-22(31-20)19-16(27)11-10-12-17(19)28/h10-12,15H,5-9,13-14H2,1-4H3,(H,30,35)(H,32,36). The van der Waals surface area contributed by atoms with Gasteiger partial charge in [-0.1, -0.05) is 30.2 Å². The molecule has 204 valence electrons. The summed E-state index contributed by atoms with van der Waals surface area (Å²) >= 11 is 0.784. The second kappa shape index (κ2) is 11.5. The van der Waals surface area contributed by atoms with Gasteiger partial charge in [0.25, 0.3) is 5.91 Å². The van der Waals surface area contributed by atoms with E-state index in [4.69, 9.17) is 4.74 Å². The second-order valence-electron chi connectivity index (χ2n) is 9.97. The lowest BCUT2D eigenvalue weighted by Gasteiger charge is -2.24. The molecule has 38 heavy (non-hydrogen) atoms. The molecule has 9 nitrogen and oxygen atoms in total. The van der Waals surface area contributed by atoms with E-state index in [-0.39, 0.29) is 21.3 Å². The minimum atomic E-state index is -0.831. The zero-order chi connectivity index (χ0) is 27.4. The lowest BCUT2D eigenvalue weighted by molar-refractivity contribution is 0.0636. The van der Waals surface area contributed by atoms with E-state index in [1.54, 1.807) is 27.0 Å². The predicted molar refractivity (Wildman–Crippen MR) is 144 cm³/mol. The monoisotopic (exact) mass is 546 g/mol. The summed E-state index contributed by atoms with van der Waals surface area (Å²) in [6, 6.07) is 3.45. The first-order valence-electron chi connectivity index (χ1n) is 12.6. The summed E-state index contributed by atoms with van der Waals surface area (Å²) < 4.78 is 36.2. The van der Waals surface area contributed by atoms with Gasteiger partial charge >= 0.3 is 6.09 Å². The molecular weight excluding hydrogens is 514 g/mol. The van der Waals surface area contributed by atoms with Crippen molar-refractivity contribution >= 4 is 39.8 Å². The number of rotatable bonds is 6. The maximum atomic E-state index is 14.5. The highest BCUT2D eigenvalue weighted by Gasteiger charge is 2.27. The van der Waals surface area contributed by atoms with E-state index < -0.39 is 29.2 Å². The van der Waals surface area contributed by atoms with Gasteiger partial charge in [0.2, 0.25) is 0 Å². The number of aromatic nitrogens is 3. The minimum Gasteiger partial charge on any atom is -0.444 e. The average Bonchev–Trinajstić information content (AvgIpc) is 3.31. The number of ether oxygens (including phenoxy) is 1. The molecule has 0 saturated carbocycles. The van der Waals surface area contributed by atoms with Gasteiger partial charge in [-0.25, -0.2) is 23.2 Å². The summed E-state index contributed by atoms with van der Waals surface area (Å²) in [5.41, 5.74) is -0.875. The number of carbonyl (C=O) groups is 2. The Kier molecular flexibility index (Phi) is 8.29. The van der Waals surface area contributed by atoms with Gasteiger partial charge in [-0.05, 0) is 52.7 Å². The fourth-order valence-electron chi connectivity index (χ4n) is 4.26. The lowest BCUT2D eigenvalue weighted by Crippen LogP contribution is -2.28. The molecule has 2 aromatic heterocycles. The van der Waals surface area contributed by atoms with Gasteiger partial charge in [-0.3, -0.25) is 10.1 Å². The van der Waals surface area contributed by atoms with Crippen LogP contribution >= 0.6 is 11.3 Å². The van der Waals surface area contributed by atoms with Crippen LogP contribution in [0.25, 0.3) is 10.6 Å². The summed E-state index contributed by atoms with van der Waals surface area (Å²) in [6.07, 6.45) is 5.12. The number of halogens is 2. The van der Waals surface area contributed by atoms with Crippen LogP contribution in [0.5, 0.6) is 0 Å². The van der Waals surface area contributed by atoms with Crippen LogP contribution in [0.3, 0.4) is 0 Å². The number of nitrogens with zero attached hydrogens (tertiary/aromatic N) is 4. The zero-order valence-corrected chi connectivity index (χ0v) is 22.8. The van der Waals surface area contributed by atoms with E-state index in [1.165, 1.54) is 6.07 Å². The number of aryl methyl sites for hydroxylation is 1. The molecule has 0 radical (unpaired) electrons. The van der Waals surface area contributed by atoms with Crippen molar-refractivity contribution in [1.29, 1.82) is 0 Å². The number of anilines is 3. The molecule has 3 aromatic rings. The SMILES string of the molecule is CCn1ncc(NC(=O)c2nc(-c3c(F)cccc3F)sc2NC(=O)OC(C)(C)C)c1N1CCCCCC1. The quantitative estimate of drug-likeness (QED) is 0.377. The van der Waals surface area contributed by atoms with Crippen LogP contribution in [0.4, 0.5) is 30.1 Å². The van der Waals surface area contributed by atoms with Crippen LogP contribution in [0.1, 0.15) is 63.9 Å². The molecule has 0 unspecified atom stereocenters. The normalized spacial score (nSPS) is 14.2. The number of carbonyl (C=O) groups excluding carboxylic acids is 2. The van der Waals surface area contributed by atoms with Crippen LogP contribution in [0.2, 0.25) is 0 Å². The van der Waals surface area contributed by atoms with Gasteiger partial charge in [0.1, 0.15) is 32.9 Å². The maximum absolute atomic E-state index is 14.5. The molecule has 0 spiro atoms. The Balaban J connectivity index is 1.70. The topological polar surface area (TPSA) is 101 Å². The van der Waals surface area contributed by atoms with Crippen LogP contribution in [-0.2, 0) is 11.3 Å². The average molecular weight is 547 g/mol. The molecule has 2 N–H and O–H groups in total. The predicted octanol–water partition coefficient (Wildman–Crippen LogP) is 6.28. The van der Waals surface area contributed by atoms with Crippen molar-refractivity contribution in [3.05, 3.63) is 41.7 Å². The van der Waals surface area contributed by atoms with Gasteiger partial charge in [-0.15, -0.1) is 0 Å². The highest BCUT2D eigenvalue weighted by molar-refractivity contribution is 7.19. The second-order valence-corrected chi connectivity index (χ2v) is 11.0. The van der Waals surface area contributed by atoms with E-state index in [0.29, 0.717) is 12.2 Å². The third-order valence-electron chi connectivity index (χ3n) is 5.90. The molecular formula is C26H32F2N6O3S. The molecule has 2 amide bonds. The molecule has 0 atom stereocenters. The number of hydrogen-bond donors (Lipinski definition) is 2. The smallest absolute Gasteiger partial charge is 0.412 e. The largest absolute Gasteiger partial charge is 0.444 e. The Labute approximate surface area is 224 Å². The van der Waals surface area contributed by atoms with Crippen LogP contribution in [0.15, 0.2) is 24.4 Å². The minimum absolute atomic E-state index is 0.00797. The first-order chi connectivity index (χ1) is 18.1. The highest BCUT2D eigenvalue weighted by atomic mass is 32.1. The van der Waals surface area contributed by atoms with Crippen molar-refractivity contribution < 1.29 is 23.1 Å². The maximum Gasteiger partial charge on any atom is 0.412 e. The van der Waals surface area contributed by atoms with Crippen molar-refractivity contribution in [3.8, 4) is 10.6 Å². The Bertz CT molecular complexity index is 1290. The van der Waals surface area contributed by atoms with Gasteiger partial charge in [0, 0.05) is 19.6 Å². The molecule has 12 heteroatoms. The summed E-state index contributed by atoms with van der Waals surface area (Å²) in [7, 11) is 0. The van der Waals surface area contributed by atoms with Crippen molar-refractivity contribution in [1.82, 2.24) is 14.8 Å². The molecule has 0 aliphatic carbocycles. The summed E-state index contributed by atoms with van der Waals surface area (Å²) in [6.45, 7) is 9.36. The van der Waals surface area contributed by atoms with Crippen LogP contribution < -0.4 is 15.5 Å². The molecule has 1 aromatic carbocycles. The van der Waals surface area contributed by atoms with E-state index in [0.717, 1.165) is 68.1 Å². The molecule has 1 aliphatic rings. The van der Waals surface area contributed by atoms with E-state index >= 15 is 0 Å². The molecule has 4 rings (SSSR count). The van der Waals surface area contributed by atoms with E-state index in [9.17, 15) is 18.4 Å². The Morgan fingerprint density at radius 2 is 1.74 bits per heavy atom. The molecule has 1 saturated heterocycles. The van der Waals surface area contributed by atoms with E-state index in [2.05, 4.69) is 25.6 Å². The highest BCUT2D eigenvalue weighted by Crippen LogP contribution is 2.36. The Morgan fingerprint density at radius 3 is 2.34 bits per heavy atom. The zero-order valence-electron chi connectivity index (χ0n) is 21.9. The number of nitrogens with one attached hydrogen (secondary N) is 2. The van der Waals surface area contributed by atoms with Gasteiger partial charge in [0.05, 0.1) is 11.8 Å². The van der Waals surface area contributed by atoms with Crippen LogP contribution in [-0.4, -0.2) is 45.5 Å². The van der Waals surface area contributed by atoms with Crippen LogP contribution in [0, 0.1) is 11.6 Å². The Morgan fingerprint density at radius 1 is 1.08 bits per heavy atom. The first-order valence-corrected chi connectivity index (χ1v) is 13.5. The number of benzene rings is 1. The third kappa shape index (κ3) is 6.29. The Hall–Kier alpha value is -3.54. The summed E-state index contributed by atoms with van der Waals surface area (Å²) in [4.78, 5) is 32.5. The first kappa shape index (κ1) is 27.5. The number of amides is 2. The van der Waals surface area contributed by atoms with E-state index in [1.807, 2.05) is 11.6 Å².